The van der Waals surface area contributed by atoms with Crippen LogP contribution in [0.15, 0.2) is 0 Å². The Balaban J connectivity index is 3.76. The first-order valence-corrected chi connectivity index (χ1v) is 3.84. The molecule has 68 valence electrons. The minimum atomic E-state index is -0.207. The summed E-state index contributed by atoms with van der Waals surface area (Å²) in [5.74, 6) is 0. The fourth-order valence-electron chi connectivity index (χ4n) is 0.684. The number of carbonyl (C=O) groups excluding carboxylic acids is 1. The van der Waals surface area contributed by atoms with E-state index >= 15 is 0 Å². The van der Waals surface area contributed by atoms with Crippen molar-refractivity contribution in [2.75, 3.05) is 13.6 Å². The number of nitriles is 1. The Morgan fingerprint density at radius 1 is 1.58 bits per heavy atom. The number of rotatable bonds is 3. The second-order valence-corrected chi connectivity index (χ2v) is 3.43. The van der Waals surface area contributed by atoms with Gasteiger partial charge in [0.15, 0.2) is 0 Å². The Labute approximate surface area is 72.9 Å². The van der Waals surface area contributed by atoms with E-state index in [9.17, 15) is 4.79 Å². The van der Waals surface area contributed by atoms with E-state index in [1.807, 2.05) is 13.8 Å². The highest BCUT2D eigenvalue weighted by molar-refractivity contribution is 5.73. The maximum Gasteiger partial charge on any atom is 0.314 e. The van der Waals surface area contributed by atoms with Gasteiger partial charge in [-0.3, -0.25) is 0 Å². The van der Waals surface area contributed by atoms with E-state index in [0.29, 0.717) is 13.0 Å². The summed E-state index contributed by atoms with van der Waals surface area (Å²) in [6, 6.07) is 1.87. The second kappa shape index (κ2) is 4.60. The summed E-state index contributed by atoms with van der Waals surface area (Å²) in [4.78, 5) is 10.8. The van der Waals surface area contributed by atoms with Crippen molar-refractivity contribution in [3.8, 4) is 6.07 Å². The van der Waals surface area contributed by atoms with Gasteiger partial charge in [-0.25, -0.2) is 4.79 Å². The molecule has 0 radical (unpaired) electrons. The van der Waals surface area contributed by atoms with Crippen molar-refractivity contribution >= 4 is 6.03 Å². The van der Waals surface area contributed by atoms with Crippen molar-refractivity contribution in [2.45, 2.75) is 20.3 Å². The molecule has 0 unspecified atom stereocenters. The van der Waals surface area contributed by atoms with Gasteiger partial charge in [-0.05, 0) is 5.41 Å². The third kappa shape index (κ3) is 4.56. The highest BCUT2D eigenvalue weighted by atomic mass is 16.2. The van der Waals surface area contributed by atoms with Crippen molar-refractivity contribution in [1.29, 1.82) is 5.26 Å². The molecule has 0 saturated carbocycles. The molecular weight excluding hydrogens is 154 g/mol. The van der Waals surface area contributed by atoms with Crippen LogP contribution in [0.1, 0.15) is 20.3 Å². The summed E-state index contributed by atoms with van der Waals surface area (Å²) in [6.07, 6.45) is 0.441. The fraction of sp³-hybridized carbons (Fsp3) is 0.750. The van der Waals surface area contributed by atoms with Crippen LogP contribution in [0.2, 0.25) is 0 Å². The van der Waals surface area contributed by atoms with Crippen LogP contribution in [-0.2, 0) is 0 Å². The monoisotopic (exact) mass is 169 g/mol. The standard InChI is InChI=1S/C8H15N3O/c1-8(2,4-5-9)6-11-7(12)10-3/h4,6H2,1-3H3,(H2,10,11,12). The highest BCUT2D eigenvalue weighted by Gasteiger charge is 2.17. The van der Waals surface area contributed by atoms with E-state index in [1.54, 1.807) is 7.05 Å². The summed E-state index contributed by atoms with van der Waals surface area (Å²) in [5.41, 5.74) is -0.152. The van der Waals surface area contributed by atoms with E-state index in [4.69, 9.17) is 5.26 Å². The van der Waals surface area contributed by atoms with Crippen molar-refractivity contribution in [2.24, 2.45) is 5.41 Å². The Bertz CT molecular complexity index is 193. The summed E-state index contributed by atoms with van der Waals surface area (Å²) in [7, 11) is 1.56. The maximum atomic E-state index is 10.8. The van der Waals surface area contributed by atoms with E-state index in [0.717, 1.165) is 0 Å². The number of urea groups is 1. The largest absolute Gasteiger partial charge is 0.341 e. The van der Waals surface area contributed by atoms with Gasteiger partial charge in [-0.1, -0.05) is 13.8 Å². The summed E-state index contributed by atoms with van der Waals surface area (Å²) in [6.45, 7) is 4.39. The zero-order valence-corrected chi connectivity index (χ0v) is 7.77. The molecule has 4 nitrogen and oxygen atoms in total. The summed E-state index contributed by atoms with van der Waals surface area (Å²) < 4.78 is 0. The summed E-state index contributed by atoms with van der Waals surface area (Å²) >= 11 is 0. The van der Waals surface area contributed by atoms with Crippen LogP contribution in [0.5, 0.6) is 0 Å². The van der Waals surface area contributed by atoms with Gasteiger partial charge in [0.25, 0.3) is 0 Å². The van der Waals surface area contributed by atoms with Crippen molar-refractivity contribution < 1.29 is 4.79 Å². The number of hydrogen-bond acceptors (Lipinski definition) is 2. The molecule has 0 heterocycles. The minimum absolute atomic E-state index is 0.152. The van der Waals surface area contributed by atoms with Gasteiger partial charge in [0.2, 0.25) is 0 Å². The molecular formula is C8H15N3O. The van der Waals surface area contributed by atoms with Crippen molar-refractivity contribution in [3.05, 3.63) is 0 Å². The summed E-state index contributed by atoms with van der Waals surface area (Å²) in [5, 5.41) is 13.5. The number of hydrogen-bond donors (Lipinski definition) is 2. The number of carbonyl (C=O) groups is 1. The average Bonchev–Trinajstić information content (AvgIpc) is 2.00. The molecule has 0 aliphatic heterocycles. The van der Waals surface area contributed by atoms with E-state index in [1.165, 1.54) is 0 Å². The molecule has 2 N–H and O–H groups in total. The van der Waals surface area contributed by atoms with Crippen LogP contribution in [0.4, 0.5) is 4.79 Å². The molecule has 0 bridgehead atoms. The van der Waals surface area contributed by atoms with Crippen LogP contribution >= 0.6 is 0 Å². The van der Waals surface area contributed by atoms with Gasteiger partial charge in [-0.15, -0.1) is 0 Å². The fourth-order valence-corrected chi connectivity index (χ4v) is 0.684. The van der Waals surface area contributed by atoms with Crippen LogP contribution in [0, 0.1) is 16.7 Å². The molecule has 0 aromatic heterocycles. The van der Waals surface area contributed by atoms with Crippen LogP contribution in [0.3, 0.4) is 0 Å². The lowest BCUT2D eigenvalue weighted by Gasteiger charge is -2.20. The molecule has 12 heavy (non-hydrogen) atoms. The first-order valence-electron chi connectivity index (χ1n) is 3.84. The molecule has 0 aromatic rings. The topological polar surface area (TPSA) is 64.9 Å². The molecule has 0 aliphatic carbocycles. The SMILES string of the molecule is CNC(=O)NCC(C)(C)CC#N. The van der Waals surface area contributed by atoms with Gasteiger partial charge in [0.1, 0.15) is 0 Å². The van der Waals surface area contributed by atoms with Gasteiger partial charge < -0.3 is 10.6 Å². The molecule has 4 heteroatoms. The number of nitrogens with zero attached hydrogens (tertiary/aromatic N) is 1. The molecule has 0 atom stereocenters. The Morgan fingerprint density at radius 3 is 2.58 bits per heavy atom. The van der Waals surface area contributed by atoms with E-state index in [2.05, 4.69) is 16.7 Å². The molecule has 0 spiro atoms. The second-order valence-electron chi connectivity index (χ2n) is 3.43. The predicted octanol–water partition coefficient (Wildman–Crippen LogP) is 0.855. The number of amides is 2. The molecule has 2 amide bonds. The molecule has 0 aliphatic rings. The minimum Gasteiger partial charge on any atom is -0.341 e. The zero-order chi connectivity index (χ0) is 9.61. The third-order valence-corrected chi connectivity index (χ3v) is 1.51. The maximum absolute atomic E-state index is 10.8. The Hall–Kier alpha value is -1.24. The molecule has 0 aromatic carbocycles. The number of nitrogens with one attached hydrogen (secondary N) is 2. The van der Waals surface area contributed by atoms with Crippen LogP contribution < -0.4 is 10.6 Å². The average molecular weight is 169 g/mol. The van der Waals surface area contributed by atoms with Gasteiger partial charge in [-0.2, -0.15) is 5.26 Å². The van der Waals surface area contributed by atoms with Crippen LogP contribution in [0.25, 0.3) is 0 Å². The molecule has 0 fully saturated rings. The normalized spacial score (nSPS) is 10.2. The smallest absolute Gasteiger partial charge is 0.314 e. The van der Waals surface area contributed by atoms with Crippen molar-refractivity contribution in [3.63, 3.8) is 0 Å². The van der Waals surface area contributed by atoms with Crippen molar-refractivity contribution in [1.82, 2.24) is 10.6 Å². The lowest BCUT2D eigenvalue weighted by Crippen LogP contribution is -2.38. The Kier molecular flexibility index (Phi) is 4.12. The van der Waals surface area contributed by atoms with Gasteiger partial charge in [0.05, 0.1) is 6.07 Å². The van der Waals surface area contributed by atoms with Gasteiger partial charge >= 0.3 is 6.03 Å². The highest BCUT2D eigenvalue weighted by Crippen LogP contribution is 2.17. The quantitative estimate of drug-likeness (QED) is 0.658. The molecule has 0 rings (SSSR count). The first kappa shape index (κ1) is 10.8. The third-order valence-electron chi connectivity index (χ3n) is 1.51. The molecule has 0 saturated heterocycles. The van der Waals surface area contributed by atoms with Crippen LogP contribution in [-0.4, -0.2) is 19.6 Å². The van der Waals surface area contributed by atoms with E-state index in [-0.39, 0.29) is 11.4 Å². The van der Waals surface area contributed by atoms with Gasteiger partial charge in [0, 0.05) is 20.0 Å². The first-order chi connectivity index (χ1) is 5.52. The lowest BCUT2D eigenvalue weighted by molar-refractivity contribution is 0.236. The van der Waals surface area contributed by atoms with E-state index < -0.39 is 0 Å². The zero-order valence-electron chi connectivity index (χ0n) is 7.77. The lowest BCUT2D eigenvalue weighted by atomic mass is 9.90. The Morgan fingerprint density at radius 2 is 2.17 bits per heavy atom. The predicted molar refractivity (Wildman–Crippen MR) is 46.5 cm³/mol.